The molecular weight excluding hydrogens is 588 g/mol. The molecule has 7 nitrogen and oxygen atoms in total. The van der Waals surface area contributed by atoms with Gasteiger partial charge in [-0.15, -0.1) is 0 Å². The third-order valence-corrected chi connectivity index (χ3v) is 9.83. The van der Waals surface area contributed by atoms with Gasteiger partial charge in [-0.3, -0.25) is 4.79 Å². The number of hydrogen-bond acceptors (Lipinski definition) is 5. The van der Waals surface area contributed by atoms with Gasteiger partial charge in [0.15, 0.2) is 28.8 Å². The molecule has 1 saturated carbocycles. The Bertz CT molecular complexity index is 1980. The van der Waals surface area contributed by atoms with Crippen molar-refractivity contribution in [3.63, 3.8) is 0 Å². The Morgan fingerprint density at radius 3 is 1.72 bits per heavy atom. The molecule has 0 bridgehead atoms. The van der Waals surface area contributed by atoms with Crippen molar-refractivity contribution in [3.8, 4) is 23.0 Å². The summed E-state index contributed by atoms with van der Waals surface area (Å²) < 4.78 is 22.8. The van der Waals surface area contributed by atoms with Crippen LogP contribution in [0.1, 0.15) is 49.2 Å². The van der Waals surface area contributed by atoms with Crippen LogP contribution in [0.2, 0.25) is 0 Å². The lowest BCUT2D eigenvalue weighted by atomic mass is 10.0. The van der Waals surface area contributed by atoms with Crippen molar-refractivity contribution in [1.29, 1.82) is 0 Å². The SMILES string of the molecule is COc1cc2[nH]cc(C(=O)C3C(C)(C)C3(C)C)c2cc1OCc1ccccc1.COc1cc2[nH]ccc2cc1OCc1ccccc1. The van der Waals surface area contributed by atoms with E-state index >= 15 is 0 Å². The first kappa shape index (κ1) is 31.8. The van der Waals surface area contributed by atoms with E-state index < -0.39 is 0 Å². The third kappa shape index (κ3) is 6.30. The maximum atomic E-state index is 13.3. The van der Waals surface area contributed by atoms with Gasteiger partial charge in [0, 0.05) is 52.3 Å². The summed E-state index contributed by atoms with van der Waals surface area (Å²) in [6.45, 7) is 9.65. The molecule has 1 aliphatic carbocycles. The first-order chi connectivity index (χ1) is 22.6. The molecule has 0 radical (unpaired) electrons. The maximum absolute atomic E-state index is 13.3. The second kappa shape index (κ2) is 12.9. The van der Waals surface area contributed by atoms with Crippen molar-refractivity contribution in [2.24, 2.45) is 16.7 Å². The van der Waals surface area contributed by atoms with Gasteiger partial charge in [-0.1, -0.05) is 88.4 Å². The normalized spacial score (nSPS) is 14.7. The first-order valence-corrected chi connectivity index (χ1v) is 15.9. The van der Waals surface area contributed by atoms with Crippen LogP contribution >= 0.6 is 0 Å². The Morgan fingerprint density at radius 2 is 1.19 bits per heavy atom. The summed E-state index contributed by atoms with van der Waals surface area (Å²) in [4.78, 5) is 19.7. The molecule has 0 saturated heterocycles. The molecule has 47 heavy (non-hydrogen) atoms. The average molecular weight is 631 g/mol. The molecule has 7 rings (SSSR count). The molecule has 2 heterocycles. The van der Waals surface area contributed by atoms with Gasteiger partial charge in [0.25, 0.3) is 0 Å². The summed E-state index contributed by atoms with van der Waals surface area (Å²) in [6.07, 6.45) is 3.73. The van der Waals surface area contributed by atoms with Crippen LogP contribution in [0.5, 0.6) is 23.0 Å². The Labute approximate surface area is 275 Å². The number of rotatable bonds is 10. The number of ether oxygens (including phenoxy) is 4. The molecule has 1 fully saturated rings. The molecule has 242 valence electrons. The summed E-state index contributed by atoms with van der Waals surface area (Å²) in [5.74, 6) is 3.01. The van der Waals surface area contributed by atoms with E-state index in [1.54, 1.807) is 14.2 Å². The van der Waals surface area contributed by atoms with Crippen LogP contribution in [0.3, 0.4) is 0 Å². The smallest absolute Gasteiger partial charge is 0.169 e. The number of H-pyrrole nitrogens is 2. The molecule has 0 unspecified atom stereocenters. The number of fused-ring (bicyclic) bond motifs is 2. The van der Waals surface area contributed by atoms with Gasteiger partial charge in [0.2, 0.25) is 0 Å². The lowest BCUT2D eigenvalue weighted by Crippen LogP contribution is -2.07. The quantitative estimate of drug-likeness (QED) is 0.147. The Balaban J connectivity index is 0.000000177. The fourth-order valence-corrected chi connectivity index (χ4v) is 6.42. The van der Waals surface area contributed by atoms with Gasteiger partial charge in [-0.25, -0.2) is 0 Å². The minimum atomic E-state index is 0.00673. The zero-order valence-electron chi connectivity index (χ0n) is 27.8. The summed E-state index contributed by atoms with van der Waals surface area (Å²) >= 11 is 0. The minimum absolute atomic E-state index is 0.00673. The summed E-state index contributed by atoms with van der Waals surface area (Å²) in [5.41, 5.74) is 4.88. The molecule has 1 aliphatic rings. The number of aromatic amines is 2. The van der Waals surface area contributed by atoms with E-state index in [9.17, 15) is 4.79 Å². The second-order valence-corrected chi connectivity index (χ2v) is 13.1. The molecular formula is C40H42N2O5. The van der Waals surface area contributed by atoms with Crippen molar-refractivity contribution in [3.05, 3.63) is 120 Å². The van der Waals surface area contributed by atoms with Crippen LogP contribution < -0.4 is 18.9 Å². The molecule has 2 N–H and O–H groups in total. The Hall–Kier alpha value is -5.17. The highest BCUT2D eigenvalue weighted by atomic mass is 16.5. The van der Waals surface area contributed by atoms with Crippen molar-refractivity contribution >= 4 is 27.6 Å². The number of nitrogens with one attached hydrogen (secondary N) is 2. The molecule has 0 atom stereocenters. The van der Waals surface area contributed by atoms with E-state index in [1.807, 2.05) is 103 Å². The van der Waals surface area contributed by atoms with E-state index in [0.29, 0.717) is 24.7 Å². The van der Waals surface area contributed by atoms with Crippen LogP contribution in [0.15, 0.2) is 103 Å². The number of ketones is 1. The lowest BCUT2D eigenvalue weighted by molar-refractivity contribution is 0.0947. The van der Waals surface area contributed by atoms with Crippen LogP contribution in [0.25, 0.3) is 21.8 Å². The van der Waals surface area contributed by atoms with Crippen LogP contribution in [0.4, 0.5) is 0 Å². The highest BCUT2D eigenvalue weighted by molar-refractivity contribution is 6.11. The summed E-state index contributed by atoms with van der Waals surface area (Å²) in [5, 5.41) is 2.00. The van der Waals surface area contributed by atoms with Crippen molar-refractivity contribution in [2.75, 3.05) is 14.2 Å². The van der Waals surface area contributed by atoms with Gasteiger partial charge in [0.05, 0.1) is 19.7 Å². The lowest BCUT2D eigenvalue weighted by Gasteiger charge is -2.12. The minimum Gasteiger partial charge on any atom is -0.493 e. The van der Waals surface area contributed by atoms with Gasteiger partial charge >= 0.3 is 0 Å². The van der Waals surface area contributed by atoms with E-state index in [-0.39, 0.29) is 22.5 Å². The highest BCUT2D eigenvalue weighted by Gasteiger charge is 2.68. The fraction of sp³-hybridized carbons (Fsp3) is 0.275. The van der Waals surface area contributed by atoms with E-state index in [2.05, 4.69) is 37.7 Å². The molecule has 2 aromatic heterocycles. The highest BCUT2D eigenvalue weighted by Crippen LogP contribution is 2.69. The van der Waals surface area contributed by atoms with Crippen molar-refractivity contribution < 1.29 is 23.7 Å². The van der Waals surface area contributed by atoms with Crippen molar-refractivity contribution in [2.45, 2.75) is 40.9 Å². The number of hydrogen-bond donors (Lipinski definition) is 2. The zero-order chi connectivity index (χ0) is 33.2. The predicted octanol–water partition coefficient (Wildman–Crippen LogP) is 9.38. The topological polar surface area (TPSA) is 85.6 Å². The van der Waals surface area contributed by atoms with E-state index in [1.165, 1.54) is 0 Å². The Kier molecular flexibility index (Phi) is 8.74. The van der Waals surface area contributed by atoms with Crippen LogP contribution in [-0.2, 0) is 13.2 Å². The zero-order valence-corrected chi connectivity index (χ0v) is 27.8. The number of carbonyl (C=O) groups excluding carboxylic acids is 1. The summed E-state index contributed by atoms with van der Waals surface area (Å²) in [7, 11) is 3.28. The summed E-state index contributed by atoms with van der Waals surface area (Å²) in [6, 6.07) is 29.9. The first-order valence-electron chi connectivity index (χ1n) is 15.9. The van der Waals surface area contributed by atoms with Crippen LogP contribution in [0, 0.1) is 16.7 Å². The number of benzene rings is 4. The number of Topliss-reactive ketones (excluding diaryl/α,β-unsaturated/α-hetero) is 1. The predicted molar refractivity (Wildman–Crippen MR) is 187 cm³/mol. The molecule has 0 aliphatic heterocycles. The molecule has 0 spiro atoms. The van der Waals surface area contributed by atoms with E-state index in [0.717, 1.165) is 50.0 Å². The average Bonchev–Trinajstić information content (AvgIpc) is 3.52. The molecule has 7 heteroatoms. The molecule has 6 aromatic rings. The second-order valence-electron chi connectivity index (χ2n) is 13.1. The van der Waals surface area contributed by atoms with Crippen LogP contribution in [-0.4, -0.2) is 30.0 Å². The van der Waals surface area contributed by atoms with Crippen molar-refractivity contribution in [1.82, 2.24) is 9.97 Å². The monoisotopic (exact) mass is 630 g/mol. The number of methoxy groups -OCH3 is 2. The third-order valence-electron chi connectivity index (χ3n) is 9.83. The van der Waals surface area contributed by atoms with Gasteiger partial charge in [0.1, 0.15) is 13.2 Å². The number of aromatic nitrogens is 2. The fourth-order valence-electron chi connectivity index (χ4n) is 6.42. The molecule has 4 aromatic carbocycles. The largest absolute Gasteiger partial charge is 0.493 e. The molecule has 0 amide bonds. The maximum Gasteiger partial charge on any atom is 0.169 e. The van der Waals surface area contributed by atoms with Gasteiger partial charge in [-0.05, 0) is 40.2 Å². The van der Waals surface area contributed by atoms with Gasteiger partial charge < -0.3 is 28.9 Å². The van der Waals surface area contributed by atoms with Gasteiger partial charge in [-0.2, -0.15) is 0 Å². The van der Waals surface area contributed by atoms with E-state index in [4.69, 9.17) is 18.9 Å². The Morgan fingerprint density at radius 1 is 0.660 bits per heavy atom. The number of carbonyl (C=O) groups is 1. The standard InChI is InChI=1S/C24H27NO3.C16H15NO2/c1-23(2)22(24(23,3)4)21(26)17-13-25-18-12-19(27-5)20(11-16(17)18)28-14-15-9-7-6-8-10-15;1-18-15-10-14-13(7-8-17-14)9-16(15)19-11-12-5-3-2-4-6-12/h6-13,22,25H,14H2,1-5H3;2-10,17H,11H2,1H3.